The summed E-state index contributed by atoms with van der Waals surface area (Å²) >= 11 is 1.83. The first kappa shape index (κ1) is 66.5. The number of benzene rings is 5. The van der Waals surface area contributed by atoms with Gasteiger partial charge >= 0.3 is 0 Å². The molecule has 7 heterocycles. The zero-order valence-electron chi connectivity index (χ0n) is 53.4. The van der Waals surface area contributed by atoms with Crippen LogP contribution in [0.4, 0.5) is 8.78 Å². The molecule has 4 N–H and O–H groups in total. The molecule has 5 aromatic carbocycles. The number of nitrogens with zero attached hydrogens (tertiary/aromatic N) is 7. The van der Waals surface area contributed by atoms with Crippen LogP contribution in [0, 0.1) is 35.3 Å². The second-order valence-corrected chi connectivity index (χ2v) is 26.2. The van der Waals surface area contributed by atoms with Crippen molar-refractivity contribution in [3.8, 4) is 39.5 Å². The van der Waals surface area contributed by atoms with Gasteiger partial charge < -0.3 is 21.1 Å². The van der Waals surface area contributed by atoms with Gasteiger partial charge in [-0.25, -0.2) is 38.7 Å². The van der Waals surface area contributed by atoms with Crippen LogP contribution >= 0.6 is 11.3 Å². The number of aryl methyl sites for hydroxylation is 8. The minimum Gasteiger partial charge on any atom is -0.508 e. The summed E-state index contributed by atoms with van der Waals surface area (Å²) in [6.45, 7) is 14.8. The SMILES string of the molecule is C[C@H]1CNCC[C@H]1CCc1cccc(-c2ccnc(CCCc3cc(F)cc(F)c3)n2)c1.C[C@H]1CNCC[C@H]1CCc1cccc(-c2ccnc(CCCc3ccc(O)cc3)n2)c1.c1cc(CN2CCCNCC2)cc(-c2ccnc(CCCc3cccs3)n2)c1. The molecule has 9 aromatic rings. The lowest BCUT2D eigenvalue weighted by Crippen LogP contribution is -2.35. The molecule has 0 saturated carbocycles. The zero-order valence-corrected chi connectivity index (χ0v) is 54.2. The molecule has 0 radical (unpaired) electrons. The maximum Gasteiger partial charge on any atom is 0.128 e. The summed E-state index contributed by atoms with van der Waals surface area (Å²) in [6, 6.07) is 47.7. The maximum atomic E-state index is 13.4. The van der Waals surface area contributed by atoms with Crippen LogP contribution in [0.5, 0.6) is 5.75 Å². The maximum absolute atomic E-state index is 13.4. The van der Waals surface area contributed by atoms with Crippen LogP contribution in [0.2, 0.25) is 0 Å². The third-order valence-electron chi connectivity index (χ3n) is 18.2. The molecule has 0 bridgehead atoms. The first-order chi connectivity index (χ1) is 44.6. The molecule has 3 aliphatic rings. The van der Waals surface area contributed by atoms with Crippen LogP contribution < -0.4 is 16.0 Å². The van der Waals surface area contributed by atoms with Crippen LogP contribution in [0.3, 0.4) is 0 Å². The van der Waals surface area contributed by atoms with Gasteiger partial charge in [-0.05, 0) is 246 Å². The first-order valence-corrected chi connectivity index (χ1v) is 34.3. The van der Waals surface area contributed by atoms with Gasteiger partial charge in [-0.3, -0.25) is 4.90 Å². The van der Waals surface area contributed by atoms with Crippen molar-refractivity contribution in [3.63, 3.8) is 0 Å². The Morgan fingerprint density at radius 2 is 0.978 bits per heavy atom. The fourth-order valence-electron chi connectivity index (χ4n) is 12.9. The summed E-state index contributed by atoms with van der Waals surface area (Å²) in [4.78, 5) is 31.7. The normalized spacial score (nSPS) is 17.7. The van der Waals surface area contributed by atoms with Crippen LogP contribution in [-0.2, 0) is 57.9 Å². The van der Waals surface area contributed by atoms with E-state index in [1.54, 1.807) is 18.3 Å². The average molecular weight is 1240 g/mol. The molecule has 4 aromatic heterocycles. The van der Waals surface area contributed by atoms with E-state index in [0.29, 0.717) is 24.2 Å². The number of hydrogen-bond donors (Lipinski definition) is 4. The summed E-state index contributed by atoms with van der Waals surface area (Å²) in [6.07, 6.45) is 22.0. The Labute approximate surface area is 543 Å². The lowest BCUT2D eigenvalue weighted by atomic mass is 9.83. The van der Waals surface area contributed by atoms with Crippen molar-refractivity contribution in [2.45, 2.75) is 123 Å². The molecule has 91 heavy (non-hydrogen) atoms. The molecule has 11 nitrogen and oxygen atoms in total. The summed E-state index contributed by atoms with van der Waals surface area (Å²) < 4.78 is 26.7. The van der Waals surface area contributed by atoms with Crippen LogP contribution in [0.25, 0.3) is 33.8 Å². The van der Waals surface area contributed by atoms with Gasteiger partial charge in [0.05, 0.1) is 17.1 Å². The smallest absolute Gasteiger partial charge is 0.128 e. The number of phenolic OH excluding ortho intramolecular Hbond substituents is 1. The highest BCUT2D eigenvalue weighted by Gasteiger charge is 2.22. The van der Waals surface area contributed by atoms with Gasteiger partial charge in [0, 0.05) is 85.1 Å². The highest BCUT2D eigenvalue weighted by molar-refractivity contribution is 7.09. The standard InChI is InChI=1S/C27H31F2N3.C27H33N3O.C23H28N4S/c1-19-18-30-12-10-22(19)9-8-20-4-2-6-23(14-20)26-11-13-31-27(32-26)7-3-5-21-15-24(28)17-25(29)16-21;1-20-19-28-16-14-23(20)11-8-22-5-2-6-24(18-22)26-15-17-29-27(30-26)7-3-4-21-9-12-25(31)13-10-21;1-5-19(18-27-14-4-11-24-13-15-27)17-20(6-1)22-10-12-25-23(26-22)9-2-7-21-8-3-16-28-21/h2,4,6,11,13-17,19,22,30H,3,5,7-10,12,18H2,1H3;2,5-6,9-10,12-13,15,17-18,20,23,28,31H,3-4,7-8,11,14,16,19H2,1H3;1,3,5-6,8,10,12,16-17,24H,2,4,7,9,11,13-15,18H2/t19-,22+;20-,23+;/m00./s1. The molecular formula is C77H92F2N10OS. The monoisotopic (exact) mass is 1240 g/mol. The van der Waals surface area contributed by atoms with Gasteiger partial charge in [-0.1, -0.05) is 86.6 Å². The number of aromatic nitrogens is 6. The highest BCUT2D eigenvalue weighted by Crippen LogP contribution is 2.29. The zero-order chi connectivity index (χ0) is 62.8. The van der Waals surface area contributed by atoms with E-state index in [9.17, 15) is 13.9 Å². The summed E-state index contributed by atoms with van der Waals surface area (Å²) in [7, 11) is 0. The lowest BCUT2D eigenvalue weighted by molar-refractivity contribution is 0.259. The number of phenols is 1. The van der Waals surface area contributed by atoms with E-state index in [0.717, 1.165) is 180 Å². The summed E-state index contributed by atoms with van der Waals surface area (Å²) in [5, 5.41) is 22.0. The van der Waals surface area contributed by atoms with Crippen LogP contribution in [-0.4, -0.2) is 92.3 Å². The fourth-order valence-corrected chi connectivity index (χ4v) is 13.6. The van der Waals surface area contributed by atoms with Crippen LogP contribution in [0.1, 0.15) is 115 Å². The van der Waals surface area contributed by atoms with E-state index in [2.05, 4.69) is 140 Å². The minimum atomic E-state index is -0.534. The van der Waals surface area contributed by atoms with Gasteiger partial charge in [0.15, 0.2) is 0 Å². The van der Waals surface area contributed by atoms with Gasteiger partial charge in [0.2, 0.25) is 0 Å². The second-order valence-electron chi connectivity index (χ2n) is 25.2. The number of hydrogen-bond acceptors (Lipinski definition) is 12. The van der Waals surface area contributed by atoms with E-state index < -0.39 is 11.6 Å². The Balaban J connectivity index is 0.000000150. The Morgan fingerprint density at radius 3 is 1.49 bits per heavy atom. The topological polar surface area (TPSA) is 137 Å². The van der Waals surface area contributed by atoms with E-state index >= 15 is 0 Å². The van der Waals surface area contributed by atoms with E-state index in [1.807, 2.05) is 54.1 Å². The van der Waals surface area contributed by atoms with E-state index in [1.165, 1.54) is 89.0 Å². The van der Waals surface area contributed by atoms with Crippen molar-refractivity contribution in [3.05, 3.63) is 231 Å². The molecule has 3 fully saturated rings. The predicted molar refractivity (Wildman–Crippen MR) is 367 cm³/mol. The third-order valence-corrected chi connectivity index (χ3v) is 19.1. The van der Waals surface area contributed by atoms with Crippen molar-refractivity contribution < 1.29 is 13.9 Å². The lowest BCUT2D eigenvalue weighted by Gasteiger charge is -2.29. The first-order valence-electron chi connectivity index (χ1n) is 33.4. The number of nitrogens with one attached hydrogen (secondary N) is 3. The molecule has 0 aliphatic carbocycles. The Bertz CT molecular complexity index is 3600. The Hall–Kier alpha value is -7.46. The highest BCUT2D eigenvalue weighted by atomic mass is 32.1. The summed E-state index contributed by atoms with van der Waals surface area (Å²) in [5.41, 5.74) is 12.4. The van der Waals surface area contributed by atoms with Gasteiger partial charge in [0.1, 0.15) is 34.9 Å². The number of piperidine rings is 2. The third kappa shape index (κ3) is 21.8. The van der Waals surface area contributed by atoms with Crippen molar-refractivity contribution in [1.82, 2.24) is 50.8 Å². The average Bonchev–Trinajstić information content (AvgIpc) is 2.94. The number of thiophene rings is 1. The second kappa shape index (κ2) is 35.4. The fraction of sp³-hybridized carbons (Fsp3) is 0.403. The number of halogens is 2. The minimum absolute atomic E-state index is 0.312. The molecule has 3 aliphatic heterocycles. The molecule has 4 atom stereocenters. The molecule has 14 heteroatoms. The van der Waals surface area contributed by atoms with Crippen molar-refractivity contribution in [2.24, 2.45) is 23.7 Å². The number of rotatable bonds is 23. The molecule has 0 amide bonds. The Kier molecular flexibility index (Phi) is 25.8. The largest absolute Gasteiger partial charge is 0.508 e. The van der Waals surface area contributed by atoms with Gasteiger partial charge in [-0.2, -0.15) is 0 Å². The van der Waals surface area contributed by atoms with Crippen molar-refractivity contribution in [1.29, 1.82) is 0 Å². The number of aromatic hydroxyl groups is 1. The quantitative estimate of drug-likeness (QED) is 0.0487. The van der Waals surface area contributed by atoms with Gasteiger partial charge in [0.25, 0.3) is 0 Å². The molecule has 0 unspecified atom stereocenters. The summed E-state index contributed by atoms with van der Waals surface area (Å²) in [5.74, 6) is 4.95. The molecule has 3 saturated heterocycles. The molecule has 476 valence electrons. The van der Waals surface area contributed by atoms with Gasteiger partial charge in [-0.15, -0.1) is 11.3 Å². The van der Waals surface area contributed by atoms with E-state index in [4.69, 9.17) is 15.0 Å². The predicted octanol–water partition coefficient (Wildman–Crippen LogP) is 15.2. The van der Waals surface area contributed by atoms with Crippen molar-refractivity contribution in [2.75, 3.05) is 52.4 Å². The van der Waals surface area contributed by atoms with Crippen LogP contribution in [0.15, 0.2) is 170 Å². The Morgan fingerprint density at radius 1 is 0.473 bits per heavy atom. The molecular weight excluding hydrogens is 1150 g/mol. The molecule has 0 spiro atoms. The van der Waals surface area contributed by atoms with E-state index in [-0.39, 0.29) is 0 Å². The van der Waals surface area contributed by atoms with Crippen molar-refractivity contribution >= 4 is 11.3 Å². The molecule has 12 rings (SSSR count).